The van der Waals surface area contributed by atoms with E-state index in [4.69, 9.17) is 5.11 Å². The van der Waals surface area contributed by atoms with Gasteiger partial charge in [0.25, 0.3) is 0 Å². The van der Waals surface area contributed by atoms with Gasteiger partial charge in [-0.25, -0.2) is 4.79 Å². The van der Waals surface area contributed by atoms with E-state index in [9.17, 15) is 4.79 Å². The third kappa shape index (κ3) is 14.8. The van der Waals surface area contributed by atoms with Gasteiger partial charge in [0.15, 0.2) is 0 Å². The largest absolute Gasteiger partial charge is 0.478 e. The van der Waals surface area contributed by atoms with Crippen molar-refractivity contribution in [3.05, 3.63) is 12.2 Å². The lowest BCUT2D eigenvalue weighted by Gasteiger charge is -2.17. The molecule has 0 fully saturated rings. The molecule has 0 heterocycles. The first-order valence-corrected chi connectivity index (χ1v) is 10.5. The number of carboxylic acid groups (broad SMARTS) is 1. The van der Waals surface area contributed by atoms with E-state index in [1.807, 2.05) is 0 Å². The number of hydrogen-bond acceptors (Lipinski definition) is 1. The molecule has 0 aliphatic carbocycles. The van der Waals surface area contributed by atoms with Crippen LogP contribution in [0.25, 0.3) is 0 Å². The molecule has 0 saturated heterocycles. The molecule has 0 bridgehead atoms. The summed E-state index contributed by atoms with van der Waals surface area (Å²) in [5.74, 6) is -0.133. The fourth-order valence-corrected chi connectivity index (χ4v) is 3.34. The van der Waals surface area contributed by atoms with Gasteiger partial charge in [0.1, 0.15) is 0 Å². The van der Waals surface area contributed by atoms with Gasteiger partial charge in [0.05, 0.1) is 0 Å². The summed E-state index contributed by atoms with van der Waals surface area (Å²) >= 11 is 0. The van der Waals surface area contributed by atoms with E-state index >= 15 is 0 Å². The van der Waals surface area contributed by atoms with E-state index < -0.39 is 5.97 Å². The van der Waals surface area contributed by atoms with Crippen molar-refractivity contribution in [2.24, 2.45) is 5.92 Å². The Labute approximate surface area is 151 Å². The molecule has 2 nitrogen and oxygen atoms in total. The predicted octanol–water partition coefficient (Wildman–Crippen LogP) is 7.52. The molecule has 0 aromatic heterocycles. The lowest BCUT2D eigenvalue weighted by atomic mass is 9.89. The highest BCUT2D eigenvalue weighted by atomic mass is 16.4. The van der Waals surface area contributed by atoms with Crippen molar-refractivity contribution >= 4 is 5.97 Å². The lowest BCUT2D eigenvalue weighted by Crippen LogP contribution is -2.05. The molecule has 0 amide bonds. The third-order valence-corrected chi connectivity index (χ3v) is 5.09. The summed E-state index contributed by atoms with van der Waals surface area (Å²) in [5, 5.41) is 8.99. The molecular weight excluding hydrogens is 296 g/mol. The van der Waals surface area contributed by atoms with Crippen LogP contribution in [0.5, 0.6) is 0 Å². The Morgan fingerprint density at radius 2 is 1.17 bits per heavy atom. The second-order valence-electron chi connectivity index (χ2n) is 7.43. The molecule has 0 atom stereocenters. The lowest BCUT2D eigenvalue weighted by molar-refractivity contribution is -0.132. The van der Waals surface area contributed by atoms with Crippen molar-refractivity contribution in [3.8, 4) is 0 Å². The zero-order valence-corrected chi connectivity index (χ0v) is 16.5. The van der Waals surface area contributed by atoms with Gasteiger partial charge in [-0.05, 0) is 18.8 Å². The second kappa shape index (κ2) is 17.0. The zero-order valence-electron chi connectivity index (χ0n) is 16.5. The molecule has 0 aliphatic heterocycles. The standard InChI is InChI=1S/C22H42O2/c1-4-6-8-10-12-14-16-21(19-18-20(3)22(23)24)17-15-13-11-9-7-5-2/h21H,3-19H2,1-2H3,(H,23,24). The Balaban J connectivity index is 3.95. The quantitative estimate of drug-likeness (QED) is 0.207. The van der Waals surface area contributed by atoms with Crippen LogP contribution in [-0.4, -0.2) is 11.1 Å². The molecular formula is C22H42O2. The minimum atomic E-state index is -0.826. The van der Waals surface area contributed by atoms with Gasteiger partial charge >= 0.3 is 5.97 Å². The maximum absolute atomic E-state index is 10.9. The van der Waals surface area contributed by atoms with Crippen molar-refractivity contribution in [3.63, 3.8) is 0 Å². The van der Waals surface area contributed by atoms with Crippen molar-refractivity contribution < 1.29 is 9.90 Å². The number of carbonyl (C=O) groups is 1. The Morgan fingerprint density at radius 3 is 1.58 bits per heavy atom. The molecule has 0 saturated carbocycles. The van der Waals surface area contributed by atoms with Gasteiger partial charge in [-0.2, -0.15) is 0 Å². The van der Waals surface area contributed by atoms with E-state index in [1.54, 1.807) is 0 Å². The van der Waals surface area contributed by atoms with E-state index in [0.717, 1.165) is 6.42 Å². The van der Waals surface area contributed by atoms with E-state index in [1.165, 1.54) is 89.9 Å². The van der Waals surface area contributed by atoms with Crippen LogP contribution in [-0.2, 0) is 4.79 Å². The average molecular weight is 339 g/mol. The van der Waals surface area contributed by atoms with Crippen LogP contribution in [0.4, 0.5) is 0 Å². The van der Waals surface area contributed by atoms with Crippen LogP contribution in [0, 0.1) is 5.92 Å². The molecule has 0 aliphatic rings. The Bertz CT molecular complexity index is 293. The summed E-state index contributed by atoms with van der Waals surface area (Å²) in [6, 6.07) is 0. The molecule has 24 heavy (non-hydrogen) atoms. The maximum Gasteiger partial charge on any atom is 0.330 e. The first-order valence-electron chi connectivity index (χ1n) is 10.5. The minimum absolute atomic E-state index is 0.380. The van der Waals surface area contributed by atoms with E-state index in [0.29, 0.717) is 17.9 Å². The molecule has 0 rings (SSSR count). The topological polar surface area (TPSA) is 37.3 Å². The van der Waals surface area contributed by atoms with Gasteiger partial charge < -0.3 is 5.11 Å². The number of unbranched alkanes of at least 4 members (excludes halogenated alkanes) is 10. The summed E-state index contributed by atoms with van der Waals surface area (Å²) in [7, 11) is 0. The van der Waals surface area contributed by atoms with Crippen LogP contribution in [0.3, 0.4) is 0 Å². The average Bonchev–Trinajstić information content (AvgIpc) is 2.57. The number of rotatable bonds is 18. The van der Waals surface area contributed by atoms with Gasteiger partial charge in [-0.3, -0.25) is 0 Å². The second-order valence-corrected chi connectivity index (χ2v) is 7.43. The molecule has 2 heteroatoms. The SMILES string of the molecule is C=C(CCC(CCCCCCCC)CCCCCCCC)C(=O)O. The zero-order chi connectivity index (χ0) is 18.0. The summed E-state index contributed by atoms with van der Waals surface area (Å²) in [6.45, 7) is 8.20. The van der Waals surface area contributed by atoms with Crippen LogP contribution >= 0.6 is 0 Å². The van der Waals surface area contributed by atoms with Gasteiger partial charge in [-0.1, -0.05) is 110 Å². The van der Waals surface area contributed by atoms with Gasteiger partial charge in [0.2, 0.25) is 0 Å². The van der Waals surface area contributed by atoms with Crippen molar-refractivity contribution in [2.45, 2.75) is 117 Å². The third-order valence-electron chi connectivity index (χ3n) is 5.09. The molecule has 0 unspecified atom stereocenters. The first kappa shape index (κ1) is 23.2. The van der Waals surface area contributed by atoms with Crippen LogP contribution in [0.1, 0.15) is 117 Å². The van der Waals surface area contributed by atoms with Crippen LogP contribution < -0.4 is 0 Å². The monoisotopic (exact) mass is 338 g/mol. The smallest absolute Gasteiger partial charge is 0.330 e. The number of hydrogen-bond donors (Lipinski definition) is 1. The molecule has 0 radical (unpaired) electrons. The molecule has 0 aromatic rings. The molecule has 0 aromatic carbocycles. The van der Waals surface area contributed by atoms with Crippen molar-refractivity contribution in [2.75, 3.05) is 0 Å². The Kier molecular flexibility index (Phi) is 16.5. The Morgan fingerprint density at radius 1 is 0.750 bits per heavy atom. The molecule has 1 N–H and O–H groups in total. The fourth-order valence-electron chi connectivity index (χ4n) is 3.34. The summed E-state index contributed by atoms with van der Waals surface area (Å²) in [4.78, 5) is 10.9. The first-order chi connectivity index (χ1) is 11.6. The Hall–Kier alpha value is -0.790. The normalized spacial score (nSPS) is 11.1. The number of carboxylic acids is 1. The predicted molar refractivity (Wildman–Crippen MR) is 105 cm³/mol. The van der Waals surface area contributed by atoms with Crippen molar-refractivity contribution in [1.82, 2.24) is 0 Å². The summed E-state index contributed by atoms with van der Waals surface area (Å²) < 4.78 is 0. The highest BCUT2D eigenvalue weighted by molar-refractivity contribution is 5.85. The summed E-state index contributed by atoms with van der Waals surface area (Å²) in [5.41, 5.74) is 0.380. The van der Waals surface area contributed by atoms with Gasteiger partial charge in [-0.15, -0.1) is 0 Å². The fraction of sp³-hybridized carbons (Fsp3) is 0.864. The highest BCUT2D eigenvalue weighted by Gasteiger charge is 2.12. The highest BCUT2D eigenvalue weighted by Crippen LogP contribution is 2.24. The van der Waals surface area contributed by atoms with Crippen molar-refractivity contribution in [1.29, 1.82) is 0 Å². The minimum Gasteiger partial charge on any atom is -0.478 e. The molecule has 0 spiro atoms. The van der Waals surface area contributed by atoms with Gasteiger partial charge in [0, 0.05) is 5.57 Å². The molecule has 142 valence electrons. The number of aliphatic carboxylic acids is 1. The maximum atomic E-state index is 10.9. The van der Waals surface area contributed by atoms with Crippen LogP contribution in [0.15, 0.2) is 12.2 Å². The van der Waals surface area contributed by atoms with E-state index in [2.05, 4.69) is 20.4 Å². The summed E-state index contributed by atoms with van der Waals surface area (Å²) in [6.07, 6.45) is 20.3. The van der Waals surface area contributed by atoms with E-state index in [-0.39, 0.29) is 0 Å². The van der Waals surface area contributed by atoms with Crippen LogP contribution in [0.2, 0.25) is 0 Å².